The molecular formula is C17H13N3O2. The van der Waals surface area contributed by atoms with Crippen molar-refractivity contribution in [2.24, 2.45) is 0 Å². The van der Waals surface area contributed by atoms with Crippen molar-refractivity contribution in [1.29, 1.82) is 0 Å². The minimum atomic E-state index is -0.899. The molecule has 0 aromatic carbocycles. The van der Waals surface area contributed by atoms with Crippen LogP contribution in [0.2, 0.25) is 0 Å². The number of carboxylic acid groups (broad SMARTS) is 1. The van der Waals surface area contributed by atoms with Gasteiger partial charge in [-0.25, -0.2) is 0 Å². The van der Waals surface area contributed by atoms with Crippen molar-refractivity contribution < 1.29 is 9.90 Å². The lowest BCUT2D eigenvalue weighted by atomic mass is 10.0. The summed E-state index contributed by atoms with van der Waals surface area (Å²) in [6, 6.07) is 12.8. The van der Waals surface area contributed by atoms with Crippen molar-refractivity contribution in [3.8, 4) is 22.6 Å². The molecule has 0 amide bonds. The normalized spacial score (nSPS) is 10.4. The molecule has 0 aliphatic heterocycles. The zero-order valence-electron chi connectivity index (χ0n) is 11.7. The van der Waals surface area contributed by atoms with Crippen LogP contribution >= 0.6 is 0 Å². The van der Waals surface area contributed by atoms with Crippen molar-refractivity contribution in [2.45, 2.75) is 6.42 Å². The van der Waals surface area contributed by atoms with Crippen molar-refractivity contribution in [1.82, 2.24) is 15.0 Å². The van der Waals surface area contributed by atoms with Gasteiger partial charge in [0.05, 0.1) is 23.5 Å². The summed E-state index contributed by atoms with van der Waals surface area (Å²) in [5, 5.41) is 9.06. The number of aliphatic carboxylic acids is 1. The van der Waals surface area contributed by atoms with Crippen molar-refractivity contribution in [3.05, 3.63) is 66.6 Å². The number of nitrogens with zero attached hydrogens (tertiary/aromatic N) is 3. The highest BCUT2D eigenvalue weighted by molar-refractivity contribution is 5.81. The van der Waals surface area contributed by atoms with E-state index < -0.39 is 5.97 Å². The predicted octanol–water partition coefficient (Wildman–Crippen LogP) is 2.83. The highest BCUT2D eigenvalue weighted by Gasteiger charge is 2.15. The van der Waals surface area contributed by atoms with Crippen LogP contribution < -0.4 is 0 Å². The van der Waals surface area contributed by atoms with Gasteiger partial charge in [0.15, 0.2) is 0 Å². The molecule has 1 N–H and O–H groups in total. The van der Waals surface area contributed by atoms with Gasteiger partial charge < -0.3 is 5.11 Å². The van der Waals surface area contributed by atoms with Gasteiger partial charge in [0.1, 0.15) is 0 Å². The molecule has 22 heavy (non-hydrogen) atoms. The second-order valence-electron chi connectivity index (χ2n) is 4.70. The van der Waals surface area contributed by atoms with Crippen molar-refractivity contribution in [2.75, 3.05) is 0 Å². The van der Waals surface area contributed by atoms with E-state index in [1.54, 1.807) is 30.7 Å². The third-order valence-corrected chi connectivity index (χ3v) is 3.21. The van der Waals surface area contributed by atoms with E-state index in [2.05, 4.69) is 15.0 Å². The van der Waals surface area contributed by atoms with Gasteiger partial charge in [0, 0.05) is 24.2 Å². The van der Waals surface area contributed by atoms with Crippen LogP contribution in [0, 0.1) is 0 Å². The summed E-state index contributed by atoms with van der Waals surface area (Å²) in [5.41, 5.74) is 3.45. The van der Waals surface area contributed by atoms with Crippen LogP contribution in [0.15, 0.2) is 61.1 Å². The van der Waals surface area contributed by atoms with E-state index in [9.17, 15) is 4.79 Å². The minimum Gasteiger partial charge on any atom is -0.481 e. The number of hydrogen-bond donors (Lipinski definition) is 1. The molecule has 5 heteroatoms. The summed E-state index contributed by atoms with van der Waals surface area (Å²) in [4.78, 5) is 24.1. The number of hydrogen-bond acceptors (Lipinski definition) is 4. The van der Waals surface area contributed by atoms with Gasteiger partial charge in [-0.2, -0.15) is 0 Å². The number of carboxylic acids is 1. The molecular weight excluding hydrogens is 278 g/mol. The molecule has 3 aromatic heterocycles. The minimum absolute atomic E-state index is 0.0958. The molecule has 3 aromatic rings. The SMILES string of the molecule is O=C(O)Cc1cccnc1-c1ncccc1-c1ccccn1. The number of aromatic nitrogens is 3. The standard InChI is InChI=1S/C17H13N3O2/c21-15(22)11-12-5-3-9-19-16(12)17-13(6-4-10-20-17)14-7-1-2-8-18-14/h1-10H,11H2,(H,21,22). The Morgan fingerprint density at radius 1 is 0.864 bits per heavy atom. The maximum atomic E-state index is 11.0. The smallest absolute Gasteiger partial charge is 0.307 e. The summed E-state index contributed by atoms with van der Waals surface area (Å²) in [5.74, 6) is -0.899. The Kier molecular flexibility index (Phi) is 3.87. The Morgan fingerprint density at radius 3 is 2.32 bits per heavy atom. The first kappa shape index (κ1) is 13.9. The molecule has 0 saturated heterocycles. The molecule has 108 valence electrons. The monoisotopic (exact) mass is 291 g/mol. The van der Waals surface area contributed by atoms with E-state index in [0.717, 1.165) is 11.3 Å². The molecule has 0 saturated carbocycles. The van der Waals surface area contributed by atoms with Gasteiger partial charge in [-0.1, -0.05) is 12.1 Å². The van der Waals surface area contributed by atoms with Gasteiger partial charge in [0.2, 0.25) is 0 Å². The molecule has 3 rings (SSSR count). The van der Waals surface area contributed by atoms with Gasteiger partial charge in [0.25, 0.3) is 0 Å². The Hall–Kier alpha value is -3.08. The molecule has 0 spiro atoms. The first-order chi connectivity index (χ1) is 10.8. The average Bonchev–Trinajstić information content (AvgIpc) is 2.56. The topological polar surface area (TPSA) is 76.0 Å². The Balaban J connectivity index is 2.16. The van der Waals surface area contributed by atoms with Crippen LogP contribution in [0.4, 0.5) is 0 Å². The molecule has 3 heterocycles. The quantitative estimate of drug-likeness (QED) is 0.800. The molecule has 0 radical (unpaired) electrons. The van der Waals surface area contributed by atoms with Gasteiger partial charge >= 0.3 is 5.97 Å². The number of rotatable bonds is 4. The van der Waals surface area contributed by atoms with Crippen LogP contribution in [-0.2, 0) is 11.2 Å². The number of carbonyl (C=O) groups is 1. The summed E-state index contributed by atoms with van der Waals surface area (Å²) < 4.78 is 0. The average molecular weight is 291 g/mol. The van der Waals surface area contributed by atoms with Crippen molar-refractivity contribution in [3.63, 3.8) is 0 Å². The molecule has 0 atom stereocenters. The predicted molar refractivity (Wildman–Crippen MR) is 82.0 cm³/mol. The van der Waals surface area contributed by atoms with Gasteiger partial charge in [-0.05, 0) is 35.9 Å². The third-order valence-electron chi connectivity index (χ3n) is 3.21. The van der Waals surface area contributed by atoms with Crippen LogP contribution in [0.5, 0.6) is 0 Å². The van der Waals surface area contributed by atoms with Crippen LogP contribution in [0.25, 0.3) is 22.6 Å². The Labute approximate surface area is 127 Å². The fourth-order valence-corrected chi connectivity index (χ4v) is 2.28. The largest absolute Gasteiger partial charge is 0.481 e. The third kappa shape index (κ3) is 2.83. The zero-order chi connectivity index (χ0) is 15.4. The maximum Gasteiger partial charge on any atom is 0.307 e. The first-order valence-corrected chi connectivity index (χ1v) is 6.78. The zero-order valence-corrected chi connectivity index (χ0v) is 11.7. The molecule has 0 aliphatic rings. The summed E-state index contributed by atoms with van der Waals surface area (Å²) in [6.07, 6.45) is 4.92. The van der Waals surface area contributed by atoms with Gasteiger partial charge in [-0.15, -0.1) is 0 Å². The lowest BCUT2D eigenvalue weighted by Crippen LogP contribution is -2.04. The summed E-state index contributed by atoms with van der Waals surface area (Å²) in [6.45, 7) is 0. The highest BCUT2D eigenvalue weighted by atomic mass is 16.4. The van der Waals surface area contributed by atoms with E-state index in [1.807, 2.05) is 30.3 Å². The van der Waals surface area contributed by atoms with E-state index in [4.69, 9.17) is 5.11 Å². The second-order valence-corrected chi connectivity index (χ2v) is 4.70. The first-order valence-electron chi connectivity index (χ1n) is 6.78. The van der Waals surface area contributed by atoms with E-state index in [-0.39, 0.29) is 6.42 Å². The number of pyridine rings is 3. The molecule has 0 aliphatic carbocycles. The molecule has 0 fully saturated rings. The fourth-order valence-electron chi connectivity index (χ4n) is 2.28. The van der Waals surface area contributed by atoms with Crippen LogP contribution in [-0.4, -0.2) is 26.0 Å². The lowest BCUT2D eigenvalue weighted by Gasteiger charge is -2.10. The van der Waals surface area contributed by atoms with Crippen molar-refractivity contribution >= 4 is 5.97 Å². The van der Waals surface area contributed by atoms with E-state index >= 15 is 0 Å². The highest BCUT2D eigenvalue weighted by Crippen LogP contribution is 2.29. The van der Waals surface area contributed by atoms with E-state index in [0.29, 0.717) is 17.0 Å². The molecule has 0 unspecified atom stereocenters. The summed E-state index contributed by atoms with van der Waals surface area (Å²) >= 11 is 0. The second kappa shape index (κ2) is 6.13. The lowest BCUT2D eigenvalue weighted by molar-refractivity contribution is -0.136. The molecule has 0 bridgehead atoms. The Morgan fingerprint density at radius 2 is 1.59 bits per heavy atom. The fraction of sp³-hybridized carbons (Fsp3) is 0.0588. The van der Waals surface area contributed by atoms with Crippen LogP contribution in [0.1, 0.15) is 5.56 Å². The van der Waals surface area contributed by atoms with E-state index in [1.165, 1.54) is 0 Å². The van der Waals surface area contributed by atoms with Crippen LogP contribution in [0.3, 0.4) is 0 Å². The Bertz CT molecular complexity index is 804. The molecule has 5 nitrogen and oxygen atoms in total. The maximum absolute atomic E-state index is 11.0. The summed E-state index contributed by atoms with van der Waals surface area (Å²) in [7, 11) is 0. The van der Waals surface area contributed by atoms with Gasteiger partial charge in [-0.3, -0.25) is 19.7 Å².